The van der Waals surface area contributed by atoms with Crippen molar-refractivity contribution < 1.29 is 14.6 Å². The van der Waals surface area contributed by atoms with Crippen LogP contribution in [0.5, 0.6) is 0 Å². The summed E-state index contributed by atoms with van der Waals surface area (Å²) >= 11 is 0. The molecule has 1 atom stereocenters. The number of carbonyl (C=O) groups is 1. The summed E-state index contributed by atoms with van der Waals surface area (Å²) in [6.07, 6.45) is 2.69. The topological polar surface area (TPSA) is 49.8 Å². The van der Waals surface area contributed by atoms with Gasteiger partial charge in [0.25, 0.3) is 0 Å². The fraction of sp³-hybridized carbons (Fsp3) is 0.923. The molecule has 1 fully saturated rings. The van der Waals surface area contributed by atoms with Crippen molar-refractivity contribution >= 4 is 5.97 Å². The average molecular weight is 243 g/mol. The Hall–Kier alpha value is -0.610. The molecular weight excluding hydrogens is 218 g/mol. The standard InChI is InChI=1S/C13H25NO3/c1-13(2,3)14(8-7-12(15)16)11(9-17-4)10-5-6-10/h10-11H,5-9H2,1-4H3,(H,15,16). The van der Waals surface area contributed by atoms with Crippen LogP contribution in [0.2, 0.25) is 0 Å². The number of hydrogen-bond donors (Lipinski definition) is 1. The van der Waals surface area contributed by atoms with E-state index in [9.17, 15) is 4.79 Å². The molecule has 1 aliphatic rings. The van der Waals surface area contributed by atoms with Crippen molar-refractivity contribution in [3.05, 3.63) is 0 Å². The fourth-order valence-electron chi connectivity index (χ4n) is 2.35. The van der Waals surface area contributed by atoms with E-state index in [-0.39, 0.29) is 12.0 Å². The van der Waals surface area contributed by atoms with E-state index in [2.05, 4.69) is 25.7 Å². The highest BCUT2D eigenvalue weighted by molar-refractivity contribution is 5.66. The summed E-state index contributed by atoms with van der Waals surface area (Å²) in [5, 5.41) is 8.84. The molecule has 17 heavy (non-hydrogen) atoms. The van der Waals surface area contributed by atoms with Gasteiger partial charge in [0.2, 0.25) is 0 Å². The maximum Gasteiger partial charge on any atom is 0.304 e. The van der Waals surface area contributed by atoms with Gasteiger partial charge in [-0.25, -0.2) is 0 Å². The van der Waals surface area contributed by atoms with Gasteiger partial charge in [0.15, 0.2) is 0 Å². The van der Waals surface area contributed by atoms with Gasteiger partial charge >= 0.3 is 5.97 Å². The molecule has 0 aliphatic heterocycles. The molecule has 1 aliphatic carbocycles. The predicted molar refractivity (Wildman–Crippen MR) is 67.1 cm³/mol. The van der Waals surface area contributed by atoms with E-state index in [0.717, 1.165) is 0 Å². The molecule has 0 aromatic carbocycles. The SMILES string of the molecule is COCC(C1CC1)N(CCC(=O)O)C(C)(C)C. The fourth-order valence-corrected chi connectivity index (χ4v) is 2.35. The summed E-state index contributed by atoms with van der Waals surface area (Å²) < 4.78 is 5.30. The maximum absolute atomic E-state index is 10.7. The Kier molecular flexibility index (Phi) is 4.95. The van der Waals surface area contributed by atoms with Gasteiger partial charge in [-0.2, -0.15) is 0 Å². The van der Waals surface area contributed by atoms with Crippen LogP contribution in [-0.4, -0.2) is 47.8 Å². The zero-order valence-electron chi connectivity index (χ0n) is 11.4. The van der Waals surface area contributed by atoms with Crippen molar-refractivity contribution in [3.8, 4) is 0 Å². The summed E-state index contributed by atoms with van der Waals surface area (Å²) in [6.45, 7) is 7.71. The first-order valence-corrected chi connectivity index (χ1v) is 6.33. The van der Waals surface area contributed by atoms with Crippen LogP contribution in [0, 0.1) is 5.92 Å². The monoisotopic (exact) mass is 243 g/mol. The highest BCUT2D eigenvalue weighted by Gasteiger charge is 2.39. The molecule has 1 rings (SSSR count). The van der Waals surface area contributed by atoms with E-state index in [4.69, 9.17) is 9.84 Å². The summed E-state index contributed by atoms with van der Waals surface area (Å²) in [5.74, 6) is -0.0471. The van der Waals surface area contributed by atoms with Gasteiger partial charge in [0, 0.05) is 25.2 Å². The highest BCUT2D eigenvalue weighted by atomic mass is 16.5. The Labute approximate surface area is 104 Å². The van der Waals surface area contributed by atoms with Crippen LogP contribution < -0.4 is 0 Å². The maximum atomic E-state index is 10.7. The second-order valence-corrected chi connectivity index (χ2v) is 5.87. The summed E-state index contributed by atoms with van der Waals surface area (Å²) in [5.41, 5.74) is -0.0127. The largest absolute Gasteiger partial charge is 0.481 e. The third-order valence-electron chi connectivity index (χ3n) is 3.33. The van der Waals surface area contributed by atoms with Crippen molar-refractivity contribution in [3.63, 3.8) is 0 Å². The van der Waals surface area contributed by atoms with Crippen molar-refractivity contribution in [2.24, 2.45) is 5.92 Å². The lowest BCUT2D eigenvalue weighted by Crippen LogP contribution is -2.51. The normalized spacial score (nSPS) is 18.4. The number of hydrogen-bond acceptors (Lipinski definition) is 3. The van der Waals surface area contributed by atoms with Crippen LogP contribution in [0.15, 0.2) is 0 Å². The first-order chi connectivity index (χ1) is 7.86. The Morgan fingerprint density at radius 2 is 2.06 bits per heavy atom. The first-order valence-electron chi connectivity index (χ1n) is 6.33. The molecule has 0 heterocycles. The van der Waals surface area contributed by atoms with E-state index >= 15 is 0 Å². The summed E-state index contributed by atoms with van der Waals surface area (Å²) in [6, 6.07) is 0.361. The third-order valence-corrected chi connectivity index (χ3v) is 3.33. The second-order valence-electron chi connectivity index (χ2n) is 5.87. The van der Waals surface area contributed by atoms with Crippen LogP contribution in [0.4, 0.5) is 0 Å². The molecule has 4 heteroatoms. The van der Waals surface area contributed by atoms with Gasteiger partial charge < -0.3 is 9.84 Å². The lowest BCUT2D eigenvalue weighted by molar-refractivity contribution is -0.138. The lowest BCUT2D eigenvalue weighted by Gasteiger charge is -2.41. The number of carboxylic acids is 1. The minimum atomic E-state index is -0.730. The van der Waals surface area contributed by atoms with E-state index < -0.39 is 5.97 Å². The van der Waals surface area contributed by atoms with E-state index in [0.29, 0.717) is 25.1 Å². The van der Waals surface area contributed by atoms with Crippen molar-refractivity contribution in [2.75, 3.05) is 20.3 Å². The number of ether oxygens (including phenoxy) is 1. The Balaban J connectivity index is 2.68. The second kappa shape index (κ2) is 5.83. The molecule has 0 bridgehead atoms. The Morgan fingerprint density at radius 1 is 1.47 bits per heavy atom. The molecule has 0 aromatic rings. The van der Waals surface area contributed by atoms with Crippen LogP contribution in [0.1, 0.15) is 40.0 Å². The lowest BCUT2D eigenvalue weighted by atomic mass is 10.00. The van der Waals surface area contributed by atoms with Crippen molar-refractivity contribution in [1.29, 1.82) is 0 Å². The number of methoxy groups -OCH3 is 1. The number of aliphatic carboxylic acids is 1. The van der Waals surface area contributed by atoms with Crippen LogP contribution in [-0.2, 0) is 9.53 Å². The van der Waals surface area contributed by atoms with Gasteiger partial charge in [-0.05, 0) is 39.5 Å². The average Bonchev–Trinajstić information content (AvgIpc) is 2.97. The molecule has 1 saturated carbocycles. The van der Waals surface area contributed by atoms with Gasteiger partial charge in [-0.3, -0.25) is 9.69 Å². The zero-order chi connectivity index (χ0) is 13.1. The smallest absolute Gasteiger partial charge is 0.304 e. The molecule has 0 amide bonds. The number of carboxylic acid groups (broad SMARTS) is 1. The molecule has 0 spiro atoms. The molecule has 0 aromatic heterocycles. The minimum absolute atomic E-state index is 0.0127. The summed E-state index contributed by atoms with van der Waals surface area (Å²) in [4.78, 5) is 13.0. The van der Waals surface area contributed by atoms with Gasteiger partial charge in [0.05, 0.1) is 13.0 Å². The van der Waals surface area contributed by atoms with E-state index in [1.807, 2.05) is 0 Å². The molecule has 0 saturated heterocycles. The number of rotatable bonds is 7. The predicted octanol–water partition coefficient (Wildman–Crippen LogP) is 1.99. The highest BCUT2D eigenvalue weighted by Crippen LogP contribution is 2.37. The van der Waals surface area contributed by atoms with Crippen LogP contribution in [0.25, 0.3) is 0 Å². The van der Waals surface area contributed by atoms with Crippen LogP contribution in [0.3, 0.4) is 0 Å². The first kappa shape index (κ1) is 14.5. The van der Waals surface area contributed by atoms with E-state index in [1.165, 1.54) is 12.8 Å². The van der Waals surface area contributed by atoms with E-state index in [1.54, 1.807) is 7.11 Å². The molecule has 1 unspecified atom stereocenters. The van der Waals surface area contributed by atoms with Gasteiger partial charge in [0.1, 0.15) is 0 Å². The molecule has 0 radical (unpaired) electrons. The van der Waals surface area contributed by atoms with Crippen molar-refractivity contribution in [2.45, 2.75) is 51.6 Å². The molecular formula is C13H25NO3. The van der Waals surface area contributed by atoms with Gasteiger partial charge in [-0.15, -0.1) is 0 Å². The Morgan fingerprint density at radius 3 is 2.41 bits per heavy atom. The summed E-state index contributed by atoms with van der Waals surface area (Å²) in [7, 11) is 1.72. The molecule has 100 valence electrons. The zero-order valence-corrected chi connectivity index (χ0v) is 11.4. The van der Waals surface area contributed by atoms with Crippen LogP contribution >= 0.6 is 0 Å². The van der Waals surface area contributed by atoms with Gasteiger partial charge in [-0.1, -0.05) is 0 Å². The molecule has 4 nitrogen and oxygen atoms in total. The number of nitrogens with zero attached hydrogens (tertiary/aromatic N) is 1. The quantitative estimate of drug-likeness (QED) is 0.743. The Bertz CT molecular complexity index is 256. The third kappa shape index (κ3) is 4.64. The van der Waals surface area contributed by atoms with Crippen molar-refractivity contribution in [1.82, 2.24) is 4.90 Å². The minimum Gasteiger partial charge on any atom is -0.481 e. The molecule has 1 N–H and O–H groups in total.